The van der Waals surface area contributed by atoms with Crippen LogP contribution in [-0.2, 0) is 0 Å². The highest BCUT2D eigenvalue weighted by Gasteiger charge is 2.30. The molecule has 0 aromatic heterocycles. The molecule has 19 heavy (non-hydrogen) atoms. The highest BCUT2D eigenvalue weighted by molar-refractivity contribution is 9.15. The van der Waals surface area contributed by atoms with E-state index in [1.165, 1.54) is 32.3 Å². The summed E-state index contributed by atoms with van der Waals surface area (Å²) in [5, 5.41) is 0. The smallest absolute Gasteiger partial charge is 0.0317 e. The summed E-state index contributed by atoms with van der Waals surface area (Å²) in [5.74, 6) is 0.285. The molecule has 0 saturated heterocycles. The van der Waals surface area contributed by atoms with Crippen LogP contribution < -0.4 is 0 Å². The molecule has 1 atom stereocenters. The summed E-state index contributed by atoms with van der Waals surface area (Å²) in [7, 11) is 0. The van der Waals surface area contributed by atoms with Gasteiger partial charge in [0.05, 0.1) is 0 Å². The number of fused-ring (bicyclic) bond motifs is 1. The molecule has 1 aliphatic carbocycles. The summed E-state index contributed by atoms with van der Waals surface area (Å²) in [6, 6.07) is 19.1. The predicted octanol–water partition coefficient (Wildman–Crippen LogP) is 5.62. The van der Waals surface area contributed by atoms with Crippen molar-refractivity contribution in [3.63, 3.8) is 0 Å². The number of halogens is 1. The predicted molar refractivity (Wildman–Crippen MR) is 86.2 cm³/mol. The maximum absolute atomic E-state index is 4.19. The third-order valence-corrected chi connectivity index (χ3v) is 4.47. The standard InChI is InChI=1S/C18H15Br/c1-12(2)16-14-10-6-7-11-15(14)18(19)17(16)13-8-4-3-5-9-13/h3-11,16H,1H2,2H3. The van der Waals surface area contributed by atoms with Gasteiger partial charge < -0.3 is 0 Å². The van der Waals surface area contributed by atoms with Gasteiger partial charge in [-0.25, -0.2) is 0 Å². The summed E-state index contributed by atoms with van der Waals surface area (Å²) < 4.78 is 1.20. The molecular formula is C18H15Br. The third-order valence-electron chi connectivity index (χ3n) is 3.61. The Kier molecular flexibility index (Phi) is 3.16. The van der Waals surface area contributed by atoms with Crippen molar-refractivity contribution in [3.8, 4) is 0 Å². The highest BCUT2D eigenvalue weighted by Crippen LogP contribution is 2.51. The van der Waals surface area contributed by atoms with E-state index in [1.54, 1.807) is 0 Å². The highest BCUT2D eigenvalue weighted by atomic mass is 79.9. The summed E-state index contributed by atoms with van der Waals surface area (Å²) in [6.45, 7) is 6.30. The van der Waals surface area contributed by atoms with Gasteiger partial charge in [0.1, 0.15) is 0 Å². The molecule has 0 aliphatic heterocycles. The molecule has 0 spiro atoms. The fourth-order valence-electron chi connectivity index (χ4n) is 2.80. The Balaban J connectivity index is 2.24. The second kappa shape index (κ2) is 4.82. The van der Waals surface area contributed by atoms with E-state index < -0.39 is 0 Å². The van der Waals surface area contributed by atoms with Gasteiger partial charge in [0.25, 0.3) is 0 Å². The minimum absolute atomic E-state index is 0.285. The van der Waals surface area contributed by atoms with Crippen molar-refractivity contribution in [2.75, 3.05) is 0 Å². The zero-order chi connectivity index (χ0) is 13.4. The lowest BCUT2D eigenvalue weighted by Gasteiger charge is -2.17. The van der Waals surface area contributed by atoms with E-state index >= 15 is 0 Å². The van der Waals surface area contributed by atoms with Crippen LogP contribution in [0, 0.1) is 0 Å². The summed E-state index contributed by atoms with van der Waals surface area (Å²) in [5.41, 5.74) is 6.41. The number of hydrogen-bond acceptors (Lipinski definition) is 0. The van der Waals surface area contributed by atoms with Gasteiger partial charge in [0.15, 0.2) is 0 Å². The van der Waals surface area contributed by atoms with Crippen LogP contribution in [0.25, 0.3) is 10.1 Å². The summed E-state index contributed by atoms with van der Waals surface area (Å²) in [4.78, 5) is 0. The van der Waals surface area contributed by atoms with Crippen molar-refractivity contribution in [2.24, 2.45) is 0 Å². The minimum Gasteiger partial charge on any atom is -0.0992 e. The van der Waals surface area contributed by atoms with Crippen LogP contribution in [-0.4, -0.2) is 0 Å². The molecule has 0 radical (unpaired) electrons. The van der Waals surface area contributed by atoms with E-state index in [4.69, 9.17) is 0 Å². The van der Waals surface area contributed by atoms with Crippen molar-refractivity contribution < 1.29 is 0 Å². The minimum atomic E-state index is 0.285. The average Bonchev–Trinajstić information content (AvgIpc) is 2.74. The first kappa shape index (κ1) is 12.4. The first-order chi connectivity index (χ1) is 9.20. The number of allylic oxidation sites excluding steroid dienone is 2. The van der Waals surface area contributed by atoms with Gasteiger partial charge >= 0.3 is 0 Å². The number of rotatable bonds is 2. The monoisotopic (exact) mass is 310 g/mol. The molecular weight excluding hydrogens is 296 g/mol. The van der Waals surface area contributed by atoms with Gasteiger partial charge in [0, 0.05) is 10.4 Å². The maximum atomic E-state index is 4.19. The van der Waals surface area contributed by atoms with E-state index in [-0.39, 0.29) is 5.92 Å². The Morgan fingerprint density at radius 1 is 1.00 bits per heavy atom. The molecule has 2 aromatic rings. The van der Waals surface area contributed by atoms with Gasteiger partial charge in [0.2, 0.25) is 0 Å². The molecule has 0 amide bonds. The number of benzene rings is 2. The fourth-order valence-corrected chi connectivity index (χ4v) is 3.62. The molecule has 0 heterocycles. The lowest BCUT2D eigenvalue weighted by Crippen LogP contribution is -1.99. The van der Waals surface area contributed by atoms with Crippen LogP contribution in [0.1, 0.15) is 29.5 Å². The van der Waals surface area contributed by atoms with E-state index in [0.717, 1.165) is 0 Å². The molecule has 3 rings (SSSR count). The van der Waals surface area contributed by atoms with Crippen LogP contribution in [0.15, 0.2) is 66.7 Å². The summed E-state index contributed by atoms with van der Waals surface area (Å²) in [6.07, 6.45) is 0. The molecule has 0 N–H and O–H groups in total. The molecule has 0 nitrogen and oxygen atoms in total. The van der Waals surface area contributed by atoms with Gasteiger partial charge in [-0.15, -0.1) is 0 Å². The fraction of sp³-hybridized carbons (Fsp3) is 0.111. The Morgan fingerprint density at radius 3 is 2.32 bits per heavy atom. The first-order valence-electron chi connectivity index (χ1n) is 6.40. The van der Waals surface area contributed by atoms with Crippen molar-refractivity contribution in [2.45, 2.75) is 12.8 Å². The maximum Gasteiger partial charge on any atom is 0.0317 e. The van der Waals surface area contributed by atoms with E-state index in [1.807, 2.05) is 0 Å². The van der Waals surface area contributed by atoms with Crippen LogP contribution >= 0.6 is 15.9 Å². The molecule has 94 valence electrons. The van der Waals surface area contributed by atoms with Crippen molar-refractivity contribution in [3.05, 3.63) is 83.4 Å². The Hall–Kier alpha value is -1.60. The normalized spacial score (nSPS) is 17.5. The second-order valence-corrected chi connectivity index (χ2v) is 5.75. The molecule has 1 heteroatoms. The van der Waals surface area contributed by atoms with Crippen LogP contribution in [0.2, 0.25) is 0 Å². The lowest BCUT2D eigenvalue weighted by atomic mass is 9.86. The van der Waals surface area contributed by atoms with Gasteiger partial charge in [-0.05, 0) is 45.1 Å². The molecule has 0 saturated carbocycles. The third kappa shape index (κ3) is 1.98. The van der Waals surface area contributed by atoms with Crippen LogP contribution in [0.3, 0.4) is 0 Å². The topological polar surface area (TPSA) is 0 Å². The number of hydrogen-bond donors (Lipinski definition) is 0. The second-order valence-electron chi connectivity index (χ2n) is 4.96. The Morgan fingerprint density at radius 2 is 1.63 bits per heavy atom. The molecule has 0 fully saturated rings. The van der Waals surface area contributed by atoms with E-state index in [9.17, 15) is 0 Å². The zero-order valence-corrected chi connectivity index (χ0v) is 12.4. The molecule has 1 aliphatic rings. The van der Waals surface area contributed by atoms with Gasteiger partial charge in [-0.2, -0.15) is 0 Å². The SMILES string of the molecule is C=C(C)C1C(c2ccccc2)=C(Br)c2ccccc21. The first-order valence-corrected chi connectivity index (χ1v) is 7.19. The van der Waals surface area contributed by atoms with Crippen molar-refractivity contribution in [1.82, 2.24) is 0 Å². The van der Waals surface area contributed by atoms with Crippen LogP contribution in [0.5, 0.6) is 0 Å². The lowest BCUT2D eigenvalue weighted by molar-refractivity contribution is 1.04. The molecule has 1 unspecified atom stereocenters. The van der Waals surface area contributed by atoms with Gasteiger partial charge in [-0.3, -0.25) is 0 Å². The van der Waals surface area contributed by atoms with Gasteiger partial charge in [-0.1, -0.05) is 66.7 Å². The van der Waals surface area contributed by atoms with Crippen molar-refractivity contribution >= 4 is 26.0 Å². The van der Waals surface area contributed by atoms with Crippen molar-refractivity contribution in [1.29, 1.82) is 0 Å². The summed E-state index contributed by atoms with van der Waals surface area (Å²) >= 11 is 3.79. The molecule has 0 bridgehead atoms. The zero-order valence-electron chi connectivity index (χ0n) is 10.9. The largest absolute Gasteiger partial charge is 0.0992 e. The quantitative estimate of drug-likeness (QED) is 0.631. The average molecular weight is 311 g/mol. The van der Waals surface area contributed by atoms with E-state index in [0.29, 0.717) is 0 Å². The Labute approximate surface area is 122 Å². The van der Waals surface area contributed by atoms with Crippen LogP contribution in [0.4, 0.5) is 0 Å². The van der Waals surface area contributed by atoms with E-state index in [2.05, 4.69) is 84.0 Å². The Bertz CT molecular complexity index is 665. The molecule has 2 aromatic carbocycles.